The Kier molecular flexibility index (Phi) is 5.72. The molecule has 1 saturated carbocycles. The van der Waals surface area contributed by atoms with Crippen LogP contribution in [0.5, 0.6) is 5.75 Å². The molecular formula is C16H22ClNO2. The van der Waals surface area contributed by atoms with Crippen molar-refractivity contribution in [3.63, 3.8) is 0 Å². The van der Waals surface area contributed by atoms with Crippen LogP contribution in [0.3, 0.4) is 0 Å². The lowest BCUT2D eigenvalue weighted by molar-refractivity contribution is -0.135. The SMILES string of the molecule is CN(CCOc1cccc(Cl)c1)C(=O)C1CCCCC1. The van der Waals surface area contributed by atoms with Crippen molar-refractivity contribution in [3.8, 4) is 5.75 Å². The molecule has 0 unspecified atom stereocenters. The van der Waals surface area contributed by atoms with E-state index in [1.807, 2.05) is 25.2 Å². The number of likely N-dealkylation sites (N-methyl/N-ethyl adjacent to an activating group) is 1. The molecule has 0 spiro atoms. The average molecular weight is 296 g/mol. The van der Waals surface area contributed by atoms with Crippen molar-refractivity contribution in [1.82, 2.24) is 4.90 Å². The molecule has 0 aliphatic heterocycles. The van der Waals surface area contributed by atoms with Crippen LogP contribution < -0.4 is 4.74 Å². The Morgan fingerprint density at radius 1 is 1.35 bits per heavy atom. The molecular weight excluding hydrogens is 274 g/mol. The average Bonchev–Trinajstić information content (AvgIpc) is 2.47. The van der Waals surface area contributed by atoms with Gasteiger partial charge in [-0.3, -0.25) is 4.79 Å². The predicted octanol–water partition coefficient (Wildman–Crippen LogP) is 3.76. The van der Waals surface area contributed by atoms with Crippen LogP contribution in [0.4, 0.5) is 0 Å². The summed E-state index contributed by atoms with van der Waals surface area (Å²) in [5.41, 5.74) is 0. The molecule has 110 valence electrons. The summed E-state index contributed by atoms with van der Waals surface area (Å²) >= 11 is 5.89. The number of halogens is 1. The predicted molar refractivity (Wildman–Crippen MR) is 81.2 cm³/mol. The molecule has 1 aliphatic carbocycles. The van der Waals surface area contributed by atoms with E-state index in [9.17, 15) is 4.79 Å². The number of carbonyl (C=O) groups is 1. The summed E-state index contributed by atoms with van der Waals surface area (Å²) in [5.74, 6) is 1.23. The largest absolute Gasteiger partial charge is 0.492 e. The molecule has 1 amide bonds. The van der Waals surface area contributed by atoms with E-state index in [4.69, 9.17) is 16.3 Å². The van der Waals surface area contributed by atoms with Gasteiger partial charge in [-0.2, -0.15) is 0 Å². The summed E-state index contributed by atoms with van der Waals surface area (Å²) < 4.78 is 5.62. The zero-order chi connectivity index (χ0) is 14.4. The molecule has 0 aromatic heterocycles. The molecule has 0 saturated heterocycles. The first-order valence-corrected chi connectivity index (χ1v) is 7.68. The highest BCUT2D eigenvalue weighted by Gasteiger charge is 2.23. The maximum Gasteiger partial charge on any atom is 0.225 e. The van der Waals surface area contributed by atoms with Crippen LogP contribution in [0.1, 0.15) is 32.1 Å². The second-order valence-corrected chi connectivity index (χ2v) is 5.84. The van der Waals surface area contributed by atoms with E-state index in [2.05, 4.69) is 0 Å². The van der Waals surface area contributed by atoms with Gasteiger partial charge >= 0.3 is 0 Å². The quantitative estimate of drug-likeness (QED) is 0.828. The number of hydrogen-bond donors (Lipinski definition) is 0. The normalized spacial score (nSPS) is 15.9. The number of rotatable bonds is 5. The van der Waals surface area contributed by atoms with E-state index in [0.717, 1.165) is 18.6 Å². The molecule has 1 aromatic carbocycles. The van der Waals surface area contributed by atoms with Crippen LogP contribution in [0, 0.1) is 5.92 Å². The Balaban J connectivity index is 1.74. The van der Waals surface area contributed by atoms with Crippen molar-refractivity contribution in [2.45, 2.75) is 32.1 Å². The molecule has 0 heterocycles. The number of hydrogen-bond acceptors (Lipinski definition) is 2. The van der Waals surface area contributed by atoms with Gasteiger partial charge < -0.3 is 9.64 Å². The Morgan fingerprint density at radius 3 is 2.80 bits per heavy atom. The Morgan fingerprint density at radius 2 is 2.10 bits per heavy atom. The molecule has 0 radical (unpaired) electrons. The third-order valence-corrected chi connectivity index (χ3v) is 4.06. The fraction of sp³-hybridized carbons (Fsp3) is 0.562. The van der Waals surface area contributed by atoms with E-state index in [1.54, 1.807) is 11.0 Å². The zero-order valence-corrected chi connectivity index (χ0v) is 12.7. The van der Waals surface area contributed by atoms with Gasteiger partial charge in [-0.1, -0.05) is 36.9 Å². The first kappa shape index (κ1) is 15.2. The summed E-state index contributed by atoms with van der Waals surface area (Å²) in [6.45, 7) is 1.11. The summed E-state index contributed by atoms with van der Waals surface area (Å²) in [6.07, 6.45) is 5.72. The topological polar surface area (TPSA) is 29.5 Å². The first-order chi connectivity index (χ1) is 9.66. The van der Waals surface area contributed by atoms with Gasteiger partial charge in [-0.25, -0.2) is 0 Å². The van der Waals surface area contributed by atoms with E-state index >= 15 is 0 Å². The zero-order valence-electron chi connectivity index (χ0n) is 12.0. The molecule has 1 aliphatic rings. The minimum atomic E-state index is 0.222. The van der Waals surface area contributed by atoms with E-state index in [1.165, 1.54) is 19.3 Å². The Hall–Kier alpha value is -1.22. The fourth-order valence-electron chi connectivity index (χ4n) is 2.63. The molecule has 2 rings (SSSR count). The Bertz CT molecular complexity index is 444. The first-order valence-electron chi connectivity index (χ1n) is 7.30. The van der Waals surface area contributed by atoms with E-state index in [0.29, 0.717) is 18.2 Å². The van der Waals surface area contributed by atoms with Crippen LogP contribution in [-0.4, -0.2) is 31.0 Å². The lowest BCUT2D eigenvalue weighted by Gasteiger charge is -2.26. The fourth-order valence-corrected chi connectivity index (χ4v) is 2.81. The van der Waals surface area contributed by atoms with Gasteiger partial charge in [0.2, 0.25) is 5.91 Å². The Labute approximate surface area is 125 Å². The second kappa shape index (κ2) is 7.53. The smallest absolute Gasteiger partial charge is 0.225 e. The lowest BCUT2D eigenvalue weighted by atomic mass is 9.88. The third-order valence-electron chi connectivity index (χ3n) is 3.82. The van der Waals surface area contributed by atoms with Crippen molar-refractivity contribution in [2.75, 3.05) is 20.2 Å². The summed E-state index contributed by atoms with van der Waals surface area (Å²) in [7, 11) is 1.86. The van der Waals surface area contributed by atoms with Gasteiger partial charge in [-0.05, 0) is 31.0 Å². The van der Waals surface area contributed by atoms with Gasteiger partial charge in [0, 0.05) is 18.0 Å². The van der Waals surface area contributed by atoms with Gasteiger partial charge in [0.05, 0.1) is 6.54 Å². The standard InChI is InChI=1S/C16H22ClNO2/c1-18(16(19)13-6-3-2-4-7-13)10-11-20-15-9-5-8-14(17)12-15/h5,8-9,12-13H,2-4,6-7,10-11H2,1H3. The van der Waals surface area contributed by atoms with Crippen LogP contribution in [0.15, 0.2) is 24.3 Å². The van der Waals surface area contributed by atoms with Crippen LogP contribution >= 0.6 is 11.6 Å². The maximum atomic E-state index is 12.2. The molecule has 0 bridgehead atoms. The minimum absolute atomic E-state index is 0.222. The van der Waals surface area contributed by atoms with E-state index < -0.39 is 0 Å². The lowest BCUT2D eigenvalue weighted by Crippen LogP contribution is -2.36. The second-order valence-electron chi connectivity index (χ2n) is 5.40. The van der Waals surface area contributed by atoms with Gasteiger partial charge in [0.15, 0.2) is 0 Å². The van der Waals surface area contributed by atoms with Crippen LogP contribution in [0.2, 0.25) is 5.02 Å². The summed E-state index contributed by atoms with van der Waals surface area (Å²) in [4.78, 5) is 14.0. The number of carbonyl (C=O) groups excluding carboxylic acids is 1. The van der Waals surface area contributed by atoms with Gasteiger partial charge in [-0.15, -0.1) is 0 Å². The van der Waals surface area contributed by atoms with Crippen molar-refractivity contribution in [3.05, 3.63) is 29.3 Å². The highest BCUT2D eigenvalue weighted by Crippen LogP contribution is 2.25. The van der Waals surface area contributed by atoms with Crippen molar-refractivity contribution >= 4 is 17.5 Å². The molecule has 0 atom stereocenters. The van der Waals surface area contributed by atoms with Gasteiger partial charge in [0.25, 0.3) is 0 Å². The highest BCUT2D eigenvalue weighted by molar-refractivity contribution is 6.30. The van der Waals surface area contributed by atoms with Crippen molar-refractivity contribution in [2.24, 2.45) is 5.92 Å². The number of amides is 1. The number of ether oxygens (including phenoxy) is 1. The maximum absolute atomic E-state index is 12.2. The number of benzene rings is 1. The molecule has 0 N–H and O–H groups in total. The minimum Gasteiger partial charge on any atom is -0.492 e. The molecule has 20 heavy (non-hydrogen) atoms. The van der Waals surface area contributed by atoms with Crippen LogP contribution in [-0.2, 0) is 4.79 Å². The monoisotopic (exact) mass is 295 g/mol. The molecule has 4 heteroatoms. The molecule has 1 aromatic rings. The van der Waals surface area contributed by atoms with E-state index in [-0.39, 0.29) is 11.8 Å². The summed E-state index contributed by atoms with van der Waals surface area (Å²) in [6, 6.07) is 7.32. The summed E-state index contributed by atoms with van der Waals surface area (Å²) in [5, 5.41) is 0.661. The van der Waals surface area contributed by atoms with Gasteiger partial charge in [0.1, 0.15) is 12.4 Å². The molecule has 1 fully saturated rings. The highest BCUT2D eigenvalue weighted by atomic mass is 35.5. The third kappa shape index (κ3) is 4.41. The van der Waals surface area contributed by atoms with Crippen LogP contribution in [0.25, 0.3) is 0 Å². The number of nitrogens with zero attached hydrogens (tertiary/aromatic N) is 1. The molecule has 3 nitrogen and oxygen atoms in total. The van der Waals surface area contributed by atoms with Crippen molar-refractivity contribution in [1.29, 1.82) is 0 Å². The van der Waals surface area contributed by atoms with Crippen molar-refractivity contribution < 1.29 is 9.53 Å².